The summed E-state index contributed by atoms with van der Waals surface area (Å²) in [5.74, 6) is -2.55. The third kappa shape index (κ3) is 8.01. The normalized spacial score (nSPS) is 11.8. The summed E-state index contributed by atoms with van der Waals surface area (Å²) in [7, 11) is 1.75. The molecule has 0 bridgehead atoms. The number of benzene rings is 2. The molecule has 7 nitrogen and oxygen atoms in total. The van der Waals surface area contributed by atoms with Crippen LogP contribution in [0.1, 0.15) is 16.7 Å². The summed E-state index contributed by atoms with van der Waals surface area (Å²) in [4.78, 5) is 31.4. The summed E-state index contributed by atoms with van der Waals surface area (Å²) in [5, 5.41) is 6.03. The molecule has 0 spiro atoms. The molecule has 3 aromatic rings. The first-order valence-electron chi connectivity index (χ1n) is 10.8. The van der Waals surface area contributed by atoms with Crippen LogP contribution >= 0.6 is 11.6 Å². The fourth-order valence-electron chi connectivity index (χ4n) is 3.42. The quantitative estimate of drug-likeness (QED) is 0.396. The molecule has 3 rings (SSSR count). The molecule has 184 valence electrons. The highest BCUT2D eigenvalue weighted by molar-refractivity contribution is 6.31. The van der Waals surface area contributed by atoms with Gasteiger partial charge < -0.3 is 16.4 Å². The van der Waals surface area contributed by atoms with Crippen LogP contribution in [0, 0.1) is 11.6 Å². The number of pyridine rings is 1. The summed E-state index contributed by atoms with van der Waals surface area (Å²) in [6, 6.07) is 13.0. The average molecular weight is 502 g/mol. The van der Waals surface area contributed by atoms with E-state index >= 15 is 0 Å². The van der Waals surface area contributed by atoms with E-state index in [9.17, 15) is 18.4 Å². The van der Waals surface area contributed by atoms with Crippen LogP contribution in [0.3, 0.4) is 0 Å². The summed E-state index contributed by atoms with van der Waals surface area (Å²) in [6.07, 6.45) is 1.51. The highest BCUT2D eigenvalue weighted by Gasteiger charge is 2.22. The van der Waals surface area contributed by atoms with Crippen molar-refractivity contribution < 1.29 is 18.4 Å². The van der Waals surface area contributed by atoms with Gasteiger partial charge in [-0.3, -0.25) is 14.5 Å². The Hall–Kier alpha value is -3.56. The molecule has 35 heavy (non-hydrogen) atoms. The van der Waals surface area contributed by atoms with E-state index in [-0.39, 0.29) is 19.5 Å². The standard InChI is InChI=1S/C25H26ClF2N5O2/c1-33(14-18-4-2-3-5-19(18)26)15-24(34)32-22(11-16-6-8-20(27)21(28)10-16)25(35)31-13-17-7-9-23(29)30-12-17/h2-10,12,22H,11,13-15H2,1H3,(H2,29,30)(H,31,35)(H,32,34). The number of amides is 2. The smallest absolute Gasteiger partial charge is 0.243 e. The zero-order valence-electron chi connectivity index (χ0n) is 19.1. The Morgan fingerprint density at radius 1 is 1.09 bits per heavy atom. The number of hydrogen-bond donors (Lipinski definition) is 3. The molecule has 0 radical (unpaired) electrons. The number of nitrogens with one attached hydrogen (secondary N) is 2. The third-order valence-corrected chi connectivity index (χ3v) is 5.57. The molecule has 2 amide bonds. The fraction of sp³-hybridized carbons (Fsp3) is 0.240. The Balaban J connectivity index is 1.66. The van der Waals surface area contributed by atoms with Crippen molar-refractivity contribution in [1.29, 1.82) is 0 Å². The van der Waals surface area contributed by atoms with Gasteiger partial charge >= 0.3 is 0 Å². The van der Waals surface area contributed by atoms with Gasteiger partial charge in [-0.2, -0.15) is 0 Å². The molecule has 2 aromatic carbocycles. The first-order valence-corrected chi connectivity index (χ1v) is 11.2. The second-order valence-corrected chi connectivity index (χ2v) is 8.55. The lowest BCUT2D eigenvalue weighted by molar-refractivity contribution is -0.129. The van der Waals surface area contributed by atoms with Crippen molar-refractivity contribution in [3.05, 3.63) is 94.1 Å². The van der Waals surface area contributed by atoms with Crippen molar-refractivity contribution in [3.8, 4) is 0 Å². The molecule has 10 heteroatoms. The van der Waals surface area contributed by atoms with Gasteiger partial charge in [0, 0.05) is 30.7 Å². The molecule has 0 fully saturated rings. The molecule has 1 aromatic heterocycles. The second-order valence-electron chi connectivity index (χ2n) is 8.15. The van der Waals surface area contributed by atoms with Gasteiger partial charge in [-0.25, -0.2) is 13.8 Å². The summed E-state index contributed by atoms with van der Waals surface area (Å²) in [6.45, 7) is 0.578. The van der Waals surface area contributed by atoms with Crippen molar-refractivity contribution >= 4 is 29.2 Å². The Bertz CT molecular complexity index is 1180. The largest absolute Gasteiger partial charge is 0.384 e. The number of nitrogens with two attached hydrogens (primary N) is 1. The van der Waals surface area contributed by atoms with Crippen LogP contribution in [0.15, 0.2) is 60.8 Å². The SMILES string of the molecule is CN(CC(=O)NC(Cc1ccc(F)c(F)c1)C(=O)NCc1ccc(N)nc1)Cc1ccccc1Cl. The molecular formula is C25H26ClF2N5O2. The van der Waals surface area contributed by atoms with Crippen molar-refractivity contribution in [2.75, 3.05) is 19.3 Å². The first-order chi connectivity index (χ1) is 16.7. The average Bonchev–Trinajstić information content (AvgIpc) is 2.82. The van der Waals surface area contributed by atoms with Crippen molar-refractivity contribution in [2.45, 2.75) is 25.6 Å². The van der Waals surface area contributed by atoms with E-state index in [1.54, 1.807) is 30.1 Å². The van der Waals surface area contributed by atoms with Crippen LogP contribution in [0.4, 0.5) is 14.6 Å². The van der Waals surface area contributed by atoms with E-state index in [1.807, 2.05) is 18.2 Å². The van der Waals surface area contributed by atoms with Crippen molar-refractivity contribution in [1.82, 2.24) is 20.5 Å². The maximum atomic E-state index is 13.7. The van der Waals surface area contributed by atoms with E-state index in [0.717, 1.165) is 17.7 Å². The lowest BCUT2D eigenvalue weighted by Crippen LogP contribution is -2.50. The van der Waals surface area contributed by atoms with Gasteiger partial charge in [-0.05, 0) is 48.0 Å². The molecule has 1 heterocycles. The van der Waals surface area contributed by atoms with E-state index in [2.05, 4.69) is 15.6 Å². The van der Waals surface area contributed by atoms with E-state index in [1.165, 1.54) is 12.3 Å². The zero-order chi connectivity index (χ0) is 25.4. The molecule has 0 saturated heterocycles. The minimum absolute atomic E-state index is 0.00529. The molecule has 0 saturated carbocycles. The number of carbonyl (C=O) groups excluding carboxylic acids is 2. The van der Waals surface area contributed by atoms with Gasteiger partial charge in [0.15, 0.2) is 11.6 Å². The van der Waals surface area contributed by atoms with Crippen LogP contribution in [-0.2, 0) is 29.1 Å². The number of halogens is 3. The van der Waals surface area contributed by atoms with Gasteiger partial charge in [-0.1, -0.05) is 41.9 Å². The predicted molar refractivity (Wildman–Crippen MR) is 130 cm³/mol. The maximum absolute atomic E-state index is 13.7. The highest BCUT2D eigenvalue weighted by atomic mass is 35.5. The van der Waals surface area contributed by atoms with Crippen LogP contribution in [-0.4, -0.2) is 41.3 Å². The summed E-state index contributed by atoms with van der Waals surface area (Å²) < 4.78 is 27.0. The molecule has 4 N–H and O–H groups in total. The Morgan fingerprint density at radius 2 is 1.83 bits per heavy atom. The first kappa shape index (κ1) is 26.1. The molecular weight excluding hydrogens is 476 g/mol. The zero-order valence-corrected chi connectivity index (χ0v) is 19.9. The van der Waals surface area contributed by atoms with Gasteiger partial charge in [0.2, 0.25) is 11.8 Å². The minimum Gasteiger partial charge on any atom is -0.384 e. The van der Waals surface area contributed by atoms with Crippen LogP contribution in [0.2, 0.25) is 5.02 Å². The van der Waals surface area contributed by atoms with Crippen molar-refractivity contribution in [2.24, 2.45) is 0 Å². The fourth-order valence-corrected chi connectivity index (χ4v) is 3.62. The van der Waals surface area contributed by atoms with Gasteiger partial charge in [0.25, 0.3) is 0 Å². The van der Waals surface area contributed by atoms with E-state index in [0.29, 0.717) is 28.5 Å². The van der Waals surface area contributed by atoms with E-state index in [4.69, 9.17) is 17.3 Å². The molecule has 1 unspecified atom stereocenters. The second kappa shape index (κ2) is 12.2. The third-order valence-electron chi connectivity index (χ3n) is 5.20. The highest BCUT2D eigenvalue weighted by Crippen LogP contribution is 2.16. The molecule has 0 aliphatic carbocycles. The number of nitrogens with zero attached hydrogens (tertiary/aromatic N) is 2. The number of anilines is 1. The van der Waals surface area contributed by atoms with Crippen LogP contribution in [0.25, 0.3) is 0 Å². The summed E-state index contributed by atoms with van der Waals surface area (Å²) >= 11 is 6.19. The van der Waals surface area contributed by atoms with Crippen molar-refractivity contribution in [3.63, 3.8) is 0 Å². The maximum Gasteiger partial charge on any atom is 0.243 e. The van der Waals surface area contributed by atoms with Gasteiger partial charge in [0.1, 0.15) is 11.9 Å². The van der Waals surface area contributed by atoms with Crippen LogP contribution in [0.5, 0.6) is 0 Å². The molecule has 1 atom stereocenters. The van der Waals surface area contributed by atoms with Gasteiger partial charge in [0.05, 0.1) is 6.54 Å². The Morgan fingerprint density at radius 3 is 2.51 bits per heavy atom. The number of rotatable bonds is 10. The van der Waals surface area contributed by atoms with Gasteiger partial charge in [-0.15, -0.1) is 0 Å². The number of likely N-dealkylation sites (N-methyl/N-ethyl adjacent to an activating group) is 1. The van der Waals surface area contributed by atoms with Crippen LogP contribution < -0.4 is 16.4 Å². The molecule has 0 aliphatic rings. The minimum atomic E-state index is -1.03. The van der Waals surface area contributed by atoms with E-state index < -0.39 is 29.5 Å². The Kier molecular flexibility index (Phi) is 9.11. The molecule has 0 aliphatic heterocycles. The number of carbonyl (C=O) groups is 2. The number of aromatic nitrogens is 1. The summed E-state index contributed by atoms with van der Waals surface area (Å²) in [5.41, 5.74) is 7.51. The topological polar surface area (TPSA) is 100 Å². The lowest BCUT2D eigenvalue weighted by atomic mass is 10.0. The number of hydrogen-bond acceptors (Lipinski definition) is 5. The predicted octanol–water partition coefficient (Wildman–Crippen LogP) is 3.07. The number of nitrogen functional groups attached to an aromatic ring is 1. The Labute approximate surface area is 207 Å². The lowest BCUT2D eigenvalue weighted by Gasteiger charge is -2.22. The monoisotopic (exact) mass is 501 g/mol.